The van der Waals surface area contributed by atoms with Crippen molar-refractivity contribution in [3.8, 4) is 0 Å². The summed E-state index contributed by atoms with van der Waals surface area (Å²) in [6.45, 7) is 5.79. The van der Waals surface area contributed by atoms with Crippen LogP contribution < -0.4 is 4.72 Å². The highest BCUT2D eigenvalue weighted by Crippen LogP contribution is 2.30. The molecule has 0 radical (unpaired) electrons. The van der Waals surface area contributed by atoms with E-state index >= 15 is 0 Å². The molecule has 0 spiro atoms. The lowest BCUT2D eigenvalue weighted by Gasteiger charge is -2.35. The van der Waals surface area contributed by atoms with Gasteiger partial charge in [0, 0.05) is 5.56 Å². The van der Waals surface area contributed by atoms with Gasteiger partial charge in [0.1, 0.15) is 12.0 Å². The molecule has 0 amide bonds. The van der Waals surface area contributed by atoms with Crippen LogP contribution in [0.5, 0.6) is 0 Å². The van der Waals surface area contributed by atoms with Gasteiger partial charge in [0.2, 0.25) is 0 Å². The summed E-state index contributed by atoms with van der Waals surface area (Å²) < 4.78 is 42.3. The summed E-state index contributed by atoms with van der Waals surface area (Å²) in [6, 6.07) is 5.69. The standard InChI is InChI=1S/C14H21F2NO2S/c1-13(2,3)20(19)17-14(4,12(16)9-18)10-7-5-6-8-11(10)15/h5-8,12,17-18H,9H2,1-4H3/t12-,14-,20-/m1/s1. The number of hydrogen-bond donors (Lipinski definition) is 2. The molecule has 1 rings (SSSR count). The predicted octanol–water partition coefficient (Wildman–Crippen LogP) is 2.42. The van der Waals surface area contributed by atoms with Crippen LogP contribution in [0, 0.1) is 5.82 Å². The Labute approximate surface area is 121 Å². The van der Waals surface area contributed by atoms with E-state index in [9.17, 15) is 13.0 Å². The fraction of sp³-hybridized carbons (Fsp3) is 0.571. The normalized spacial score (nSPS) is 18.4. The molecular weight excluding hydrogens is 284 g/mol. The first-order valence-corrected chi connectivity index (χ1v) is 7.47. The Morgan fingerprint density at radius 1 is 1.30 bits per heavy atom. The van der Waals surface area contributed by atoms with E-state index in [0.717, 1.165) is 0 Å². The molecule has 2 N–H and O–H groups in total. The predicted molar refractivity (Wildman–Crippen MR) is 76.8 cm³/mol. The molecule has 0 heterocycles. The first-order valence-electron chi connectivity index (χ1n) is 6.32. The molecule has 3 atom stereocenters. The van der Waals surface area contributed by atoms with Gasteiger partial charge in [-0.25, -0.2) is 17.7 Å². The molecular formula is C14H21F2NO2S. The summed E-state index contributed by atoms with van der Waals surface area (Å²) >= 11 is 0. The number of alkyl halides is 1. The van der Waals surface area contributed by atoms with E-state index in [2.05, 4.69) is 4.72 Å². The van der Waals surface area contributed by atoms with Crippen LogP contribution in [0.15, 0.2) is 24.3 Å². The third-order valence-electron chi connectivity index (χ3n) is 3.08. The fourth-order valence-corrected chi connectivity index (χ4v) is 2.63. The van der Waals surface area contributed by atoms with E-state index in [0.29, 0.717) is 0 Å². The number of hydrogen-bond acceptors (Lipinski definition) is 2. The highest BCUT2D eigenvalue weighted by molar-refractivity contribution is 7.84. The number of nitrogens with one attached hydrogen (secondary N) is 1. The third-order valence-corrected chi connectivity index (χ3v) is 4.80. The molecule has 0 aromatic heterocycles. The SMILES string of the molecule is CC(C)(C)[S@@](=O)N[C@](C)(c1ccccc1F)[C@H](F)CO. The summed E-state index contributed by atoms with van der Waals surface area (Å²) in [5.74, 6) is -0.607. The number of halogens is 2. The maximum atomic E-state index is 14.2. The molecule has 3 nitrogen and oxygen atoms in total. The molecule has 6 heteroatoms. The average Bonchev–Trinajstić information content (AvgIpc) is 2.36. The zero-order chi connectivity index (χ0) is 15.6. The van der Waals surface area contributed by atoms with Crippen LogP contribution in [-0.2, 0) is 16.5 Å². The minimum Gasteiger partial charge on any atom is -0.393 e. The first-order chi connectivity index (χ1) is 9.13. The van der Waals surface area contributed by atoms with Crippen molar-refractivity contribution in [3.63, 3.8) is 0 Å². The summed E-state index contributed by atoms with van der Waals surface area (Å²) in [5.41, 5.74) is -1.53. The van der Waals surface area contributed by atoms with Crippen molar-refractivity contribution in [1.82, 2.24) is 4.72 Å². The van der Waals surface area contributed by atoms with E-state index in [1.54, 1.807) is 26.8 Å². The Morgan fingerprint density at radius 2 is 1.85 bits per heavy atom. The van der Waals surface area contributed by atoms with Crippen LogP contribution in [0.25, 0.3) is 0 Å². The van der Waals surface area contributed by atoms with Gasteiger partial charge in [0.05, 0.1) is 27.9 Å². The van der Waals surface area contributed by atoms with Crippen molar-refractivity contribution in [2.75, 3.05) is 6.61 Å². The number of rotatable bonds is 5. The van der Waals surface area contributed by atoms with Crippen LogP contribution in [-0.4, -0.2) is 26.8 Å². The Hall–Kier alpha value is -0.850. The molecule has 0 saturated heterocycles. The van der Waals surface area contributed by atoms with Gasteiger partial charge in [-0.15, -0.1) is 0 Å². The minimum atomic E-state index is -1.79. The van der Waals surface area contributed by atoms with Gasteiger partial charge in [-0.05, 0) is 33.8 Å². The zero-order valence-electron chi connectivity index (χ0n) is 12.1. The van der Waals surface area contributed by atoms with Crippen LogP contribution in [0.3, 0.4) is 0 Å². The summed E-state index contributed by atoms with van der Waals surface area (Å²) in [7, 11) is -1.61. The van der Waals surface area contributed by atoms with Crippen molar-refractivity contribution in [2.24, 2.45) is 0 Å². The highest BCUT2D eigenvalue weighted by Gasteiger charge is 2.41. The average molecular weight is 305 g/mol. The van der Waals surface area contributed by atoms with Crippen molar-refractivity contribution >= 4 is 11.0 Å². The Bertz CT molecular complexity index is 490. The molecule has 114 valence electrons. The molecule has 0 aliphatic carbocycles. The van der Waals surface area contributed by atoms with Gasteiger partial charge in [-0.2, -0.15) is 0 Å². The molecule has 0 aliphatic rings. The van der Waals surface area contributed by atoms with E-state index < -0.39 is 39.9 Å². The molecule has 20 heavy (non-hydrogen) atoms. The lowest BCUT2D eigenvalue weighted by atomic mass is 9.88. The fourth-order valence-electron chi connectivity index (χ4n) is 1.70. The summed E-state index contributed by atoms with van der Waals surface area (Å²) in [4.78, 5) is 0. The van der Waals surface area contributed by atoms with Crippen LogP contribution in [0.4, 0.5) is 8.78 Å². The van der Waals surface area contributed by atoms with Gasteiger partial charge in [0.25, 0.3) is 0 Å². The molecule has 1 aromatic carbocycles. The first kappa shape index (κ1) is 17.2. The highest BCUT2D eigenvalue weighted by atomic mass is 32.2. The molecule has 0 unspecified atom stereocenters. The lowest BCUT2D eigenvalue weighted by Crippen LogP contribution is -2.53. The van der Waals surface area contributed by atoms with Gasteiger partial charge in [0.15, 0.2) is 0 Å². The van der Waals surface area contributed by atoms with Gasteiger partial charge in [-0.3, -0.25) is 0 Å². The van der Waals surface area contributed by atoms with E-state index in [1.807, 2.05) is 0 Å². The Kier molecular flexibility index (Phi) is 5.40. The van der Waals surface area contributed by atoms with Crippen LogP contribution >= 0.6 is 0 Å². The summed E-state index contributed by atoms with van der Waals surface area (Å²) in [6.07, 6.45) is -1.79. The van der Waals surface area contributed by atoms with Crippen molar-refractivity contribution in [2.45, 2.75) is 44.2 Å². The zero-order valence-corrected chi connectivity index (χ0v) is 12.9. The second-order valence-corrected chi connectivity index (χ2v) is 7.78. The monoisotopic (exact) mass is 305 g/mol. The number of benzene rings is 1. The molecule has 0 aliphatic heterocycles. The van der Waals surface area contributed by atoms with E-state index in [1.165, 1.54) is 25.1 Å². The van der Waals surface area contributed by atoms with Crippen LogP contribution in [0.1, 0.15) is 33.3 Å². The van der Waals surface area contributed by atoms with Crippen molar-refractivity contribution in [3.05, 3.63) is 35.6 Å². The largest absolute Gasteiger partial charge is 0.393 e. The van der Waals surface area contributed by atoms with Gasteiger partial charge < -0.3 is 5.11 Å². The van der Waals surface area contributed by atoms with E-state index in [-0.39, 0.29) is 5.56 Å². The minimum absolute atomic E-state index is 0.0409. The molecule has 0 saturated carbocycles. The third kappa shape index (κ3) is 3.62. The molecule has 0 bridgehead atoms. The maximum Gasteiger partial charge on any atom is 0.146 e. The van der Waals surface area contributed by atoms with Crippen molar-refractivity contribution in [1.29, 1.82) is 0 Å². The Morgan fingerprint density at radius 3 is 2.30 bits per heavy atom. The second-order valence-electron chi connectivity index (χ2n) is 5.82. The lowest BCUT2D eigenvalue weighted by molar-refractivity contribution is 0.102. The quantitative estimate of drug-likeness (QED) is 0.878. The molecule has 1 aromatic rings. The number of aliphatic hydroxyl groups is 1. The van der Waals surface area contributed by atoms with E-state index in [4.69, 9.17) is 5.11 Å². The smallest absolute Gasteiger partial charge is 0.146 e. The maximum absolute atomic E-state index is 14.2. The molecule has 0 fully saturated rings. The Balaban J connectivity index is 3.25. The topological polar surface area (TPSA) is 49.3 Å². The summed E-state index contributed by atoms with van der Waals surface area (Å²) in [5, 5.41) is 9.10. The second kappa shape index (κ2) is 6.28. The van der Waals surface area contributed by atoms with Gasteiger partial charge in [-0.1, -0.05) is 18.2 Å². The number of aliphatic hydroxyl groups excluding tert-OH is 1. The van der Waals surface area contributed by atoms with Crippen molar-refractivity contribution < 1.29 is 18.1 Å². The van der Waals surface area contributed by atoms with Crippen LogP contribution in [0.2, 0.25) is 0 Å². The van der Waals surface area contributed by atoms with Gasteiger partial charge >= 0.3 is 0 Å².